The molecule has 1 heterocycles. The normalized spacial score (nSPS) is 13.6. The highest BCUT2D eigenvalue weighted by Crippen LogP contribution is 2.24. The molecule has 1 aliphatic heterocycles. The summed E-state index contributed by atoms with van der Waals surface area (Å²) in [6.07, 6.45) is 3.55. The standard InChI is InChI=1S/C16H17N3O2/c1-11(2)16(20)21-6-5-19-12(3)7-14(8-13(19)4)15(9-17)10-18/h7-8H,1,5-6H2,2-4H3. The van der Waals surface area contributed by atoms with Crippen molar-refractivity contribution in [2.75, 3.05) is 13.2 Å². The van der Waals surface area contributed by atoms with E-state index in [1.54, 1.807) is 19.1 Å². The zero-order chi connectivity index (χ0) is 16.0. The van der Waals surface area contributed by atoms with Gasteiger partial charge in [-0.1, -0.05) is 6.58 Å². The lowest BCUT2D eigenvalue weighted by Gasteiger charge is -2.29. The SMILES string of the molecule is C=C(C)C(=O)OCCN1C(C)=CC(=C(C#N)C#N)C=C1C. The Hall–Kier alpha value is -2.79. The van der Waals surface area contributed by atoms with Crippen LogP contribution in [-0.4, -0.2) is 24.0 Å². The van der Waals surface area contributed by atoms with Crippen LogP contribution in [0.15, 0.2) is 46.8 Å². The van der Waals surface area contributed by atoms with Gasteiger partial charge in [-0.05, 0) is 32.9 Å². The zero-order valence-electron chi connectivity index (χ0n) is 12.4. The van der Waals surface area contributed by atoms with Crippen molar-refractivity contribution in [1.82, 2.24) is 4.90 Å². The Bertz CT molecular complexity index is 601. The second-order valence-corrected chi connectivity index (χ2v) is 4.69. The molecule has 0 aromatic carbocycles. The molecule has 0 unspecified atom stereocenters. The van der Waals surface area contributed by atoms with Gasteiger partial charge in [-0.15, -0.1) is 0 Å². The van der Waals surface area contributed by atoms with Crippen molar-refractivity contribution in [2.45, 2.75) is 20.8 Å². The lowest BCUT2D eigenvalue weighted by atomic mass is 10.0. The molecular formula is C16H17N3O2. The highest BCUT2D eigenvalue weighted by atomic mass is 16.5. The number of allylic oxidation sites excluding steroid dienone is 6. The molecule has 0 saturated carbocycles. The van der Waals surface area contributed by atoms with Crippen molar-refractivity contribution in [1.29, 1.82) is 10.5 Å². The van der Waals surface area contributed by atoms with Crippen LogP contribution < -0.4 is 0 Å². The third-order valence-electron chi connectivity index (χ3n) is 2.99. The van der Waals surface area contributed by atoms with Crippen molar-refractivity contribution in [3.05, 3.63) is 46.8 Å². The number of nitriles is 2. The molecule has 21 heavy (non-hydrogen) atoms. The first-order valence-corrected chi connectivity index (χ1v) is 6.42. The minimum atomic E-state index is -0.410. The number of nitrogens with zero attached hydrogens (tertiary/aromatic N) is 3. The van der Waals surface area contributed by atoms with E-state index in [0.717, 1.165) is 11.4 Å². The highest BCUT2D eigenvalue weighted by Gasteiger charge is 2.16. The van der Waals surface area contributed by atoms with E-state index in [2.05, 4.69) is 6.58 Å². The van der Waals surface area contributed by atoms with Crippen LogP contribution in [0, 0.1) is 22.7 Å². The van der Waals surface area contributed by atoms with E-state index in [1.165, 1.54) is 0 Å². The van der Waals surface area contributed by atoms with Crippen molar-refractivity contribution >= 4 is 5.97 Å². The van der Waals surface area contributed by atoms with E-state index < -0.39 is 5.97 Å². The van der Waals surface area contributed by atoms with E-state index in [4.69, 9.17) is 15.3 Å². The predicted molar refractivity (Wildman–Crippen MR) is 78.2 cm³/mol. The fourth-order valence-electron chi connectivity index (χ4n) is 1.93. The van der Waals surface area contributed by atoms with Crippen molar-refractivity contribution in [2.24, 2.45) is 0 Å². The molecule has 0 bridgehead atoms. The molecule has 0 radical (unpaired) electrons. The molecular weight excluding hydrogens is 266 g/mol. The van der Waals surface area contributed by atoms with Crippen LogP contribution in [0.5, 0.6) is 0 Å². The maximum absolute atomic E-state index is 11.3. The lowest BCUT2D eigenvalue weighted by Crippen LogP contribution is -2.27. The van der Waals surface area contributed by atoms with Crippen LogP contribution in [0.1, 0.15) is 20.8 Å². The molecule has 1 rings (SSSR count). The first kappa shape index (κ1) is 16.3. The van der Waals surface area contributed by atoms with Gasteiger partial charge in [-0.2, -0.15) is 10.5 Å². The van der Waals surface area contributed by atoms with Gasteiger partial charge in [0.05, 0.1) is 6.54 Å². The van der Waals surface area contributed by atoms with Crippen LogP contribution in [0.2, 0.25) is 0 Å². The summed E-state index contributed by atoms with van der Waals surface area (Å²) < 4.78 is 5.07. The fraction of sp³-hybridized carbons (Fsp3) is 0.312. The minimum Gasteiger partial charge on any atom is -0.460 e. The minimum absolute atomic E-state index is 0.0852. The molecule has 0 saturated heterocycles. The molecule has 5 nitrogen and oxygen atoms in total. The molecule has 0 aromatic heterocycles. The smallest absolute Gasteiger partial charge is 0.333 e. The quantitative estimate of drug-likeness (QED) is 0.450. The van der Waals surface area contributed by atoms with Gasteiger partial charge in [0.1, 0.15) is 24.3 Å². The predicted octanol–water partition coefficient (Wildman–Crippen LogP) is 2.57. The number of rotatable bonds is 4. The Morgan fingerprint density at radius 1 is 1.29 bits per heavy atom. The summed E-state index contributed by atoms with van der Waals surface area (Å²) in [5.41, 5.74) is 2.83. The number of carbonyl (C=O) groups is 1. The Morgan fingerprint density at radius 3 is 2.24 bits per heavy atom. The summed E-state index contributed by atoms with van der Waals surface area (Å²) >= 11 is 0. The second kappa shape index (κ2) is 7.12. The Kier molecular flexibility index (Phi) is 5.51. The molecule has 0 N–H and O–H groups in total. The van der Waals surface area contributed by atoms with E-state index in [1.807, 2.05) is 30.9 Å². The number of carbonyl (C=O) groups excluding carboxylic acids is 1. The Morgan fingerprint density at radius 2 is 1.81 bits per heavy atom. The fourth-order valence-corrected chi connectivity index (χ4v) is 1.93. The monoisotopic (exact) mass is 283 g/mol. The maximum atomic E-state index is 11.3. The van der Waals surface area contributed by atoms with E-state index in [0.29, 0.717) is 17.7 Å². The molecule has 0 atom stereocenters. The van der Waals surface area contributed by atoms with Gasteiger partial charge >= 0.3 is 5.97 Å². The van der Waals surface area contributed by atoms with Crippen molar-refractivity contribution < 1.29 is 9.53 Å². The molecule has 1 aliphatic rings. The average molecular weight is 283 g/mol. The summed E-state index contributed by atoms with van der Waals surface area (Å²) in [5, 5.41) is 17.8. The summed E-state index contributed by atoms with van der Waals surface area (Å²) in [5.74, 6) is -0.410. The molecule has 0 fully saturated rings. The Balaban J connectivity index is 2.80. The topological polar surface area (TPSA) is 77.1 Å². The number of hydrogen-bond donors (Lipinski definition) is 0. The van der Waals surface area contributed by atoms with Crippen LogP contribution in [0.25, 0.3) is 0 Å². The van der Waals surface area contributed by atoms with Crippen LogP contribution in [-0.2, 0) is 9.53 Å². The number of esters is 1. The summed E-state index contributed by atoms with van der Waals surface area (Å²) in [6.45, 7) is 9.62. The molecule has 0 aliphatic carbocycles. The molecule has 0 spiro atoms. The largest absolute Gasteiger partial charge is 0.460 e. The summed E-state index contributed by atoms with van der Waals surface area (Å²) in [4.78, 5) is 13.3. The maximum Gasteiger partial charge on any atom is 0.333 e. The van der Waals surface area contributed by atoms with Gasteiger partial charge in [0.2, 0.25) is 0 Å². The molecule has 5 heteroatoms. The first-order chi connectivity index (χ1) is 9.90. The van der Waals surface area contributed by atoms with E-state index in [9.17, 15) is 4.79 Å². The lowest BCUT2D eigenvalue weighted by molar-refractivity contribution is -0.139. The van der Waals surface area contributed by atoms with Gasteiger partial charge in [-0.3, -0.25) is 0 Å². The number of ether oxygens (including phenoxy) is 1. The van der Waals surface area contributed by atoms with Gasteiger partial charge in [0, 0.05) is 22.5 Å². The van der Waals surface area contributed by atoms with Gasteiger partial charge in [0.25, 0.3) is 0 Å². The molecule has 108 valence electrons. The van der Waals surface area contributed by atoms with Gasteiger partial charge in [0.15, 0.2) is 0 Å². The van der Waals surface area contributed by atoms with Crippen LogP contribution in [0.3, 0.4) is 0 Å². The third kappa shape index (κ3) is 4.09. The molecule has 0 aromatic rings. The number of hydrogen-bond acceptors (Lipinski definition) is 5. The van der Waals surface area contributed by atoms with Crippen molar-refractivity contribution in [3.8, 4) is 12.1 Å². The first-order valence-electron chi connectivity index (χ1n) is 6.42. The Labute approximate surface area is 124 Å². The average Bonchev–Trinajstić information content (AvgIpc) is 2.42. The van der Waals surface area contributed by atoms with Gasteiger partial charge in [-0.25, -0.2) is 4.79 Å². The molecule has 0 amide bonds. The summed E-state index contributed by atoms with van der Waals surface area (Å²) in [7, 11) is 0. The van der Waals surface area contributed by atoms with E-state index in [-0.39, 0.29) is 12.2 Å². The van der Waals surface area contributed by atoms with Gasteiger partial charge < -0.3 is 9.64 Å². The van der Waals surface area contributed by atoms with Crippen LogP contribution in [0.4, 0.5) is 0 Å². The second-order valence-electron chi connectivity index (χ2n) is 4.69. The van der Waals surface area contributed by atoms with E-state index >= 15 is 0 Å². The van der Waals surface area contributed by atoms with Crippen LogP contribution >= 0.6 is 0 Å². The highest BCUT2D eigenvalue weighted by molar-refractivity contribution is 5.86. The van der Waals surface area contributed by atoms with Crippen molar-refractivity contribution in [3.63, 3.8) is 0 Å². The zero-order valence-corrected chi connectivity index (χ0v) is 12.4. The summed E-state index contributed by atoms with van der Waals surface area (Å²) in [6, 6.07) is 3.76. The third-order valence-corrected chi connectivity index (χ3v) is 2.99.